The van der Waals surface area contributed by atoms with E-state index in [0.29, 0.717) is 0 Å². The molecular weight excluding hydrogens is 180 g/mol. The maximum Gasteiger partial charge on any atom is 0.111 e. The summed E-state index contributed by atoms with van der Waals surface area (Å²) in [7, 11) is 0. The molecule has 0 aromatic heterocycles. The Morgan fingerprint density at radius 1 is 1.00 bits per heavy atom. The summed E-state index contributed by atoms with van der Waals surface area (Å²) in [6.07, 6.45) is -5.71. The van der Waals surface area contributed by atoms with Crippen molar-refractivity contribution in [3.8, 4) is 0 Å². The van der Waals surface area contributed by atoms with Crippen LogP contribution in [-0.2, 0) is 4.84 Å². The van der Waals surface area contributed by atoms with Gasteiger partial charge in [-0.2, -0.15) is 0 Å². The molecule has 0 saturated carbocycles. The zero-order valence-electron chi connectivity index (χ0n) is 7.08. The third kappa shape index (κ3) is 3.96. The molecular formula is C6H16N2O5. The molecule has 0 spiro atoms. The molecule has 0 aliphatic heterocycles. The lowest BCUT2D eigenvalue weighted by molar-refractivity contribution is -0.119. The fourth-order valence-corrected chi connectivity index (χ4v) is 0.792. The molecule has 8 N–H and O–H groups in total. The van der Waals surface area contributed by atoms with Crippen LogP contribution in [0.2, 0.25) is 0 Å². The van der Waals surface area contributed by atoms with Crippen molar-refractivity contribution >= 4 is 0 Å². The van der Waals surface area contributed by atoms with E-state index in [1.54, 1.807) is 0 Å². The van der Waals surface area contributed by atoms with Gasteiger partial charge in [0.25, 0.3) is 0 Å². The number of hydrogen-bond acceptors (Lipinski definition) is 7. The van der Waals surface area contributed by atoms with Crippen molar-refractivity contribution in [2.75, 3.05) is 13.2 Å². The molecule has 0 bridgehead atoms. The number of aliphatic hydroxyl groups is 4. The number of aliphatic hydroxyl groups excluding tert-OH is 4. The van der Waals surface area contributed by atoms with Crippen LogP contribution in [0.4, 0.5) is 0 Å². The molecule has 0 fully saturated rings. The molecule has 0 rings (SSSR count). The maximum absolute atomic E-state index is 9.17. The second-order valence-electron chi connectivity index (χ2n) is 2.68. The summed E-state index contributed by atoms with van der Waals surface area (Å²) in [5, 5.41) is 36.4. The van der Waals surface area contributed by atoms with Crippen molar-refractivity contribution in [1.82, 2.24) is 0 Å². The number of rotatable bonds is 6. The largest absolute Gasteiger partial charge is 0.389 e. The van der Waals surface area contributed by atoms with Crippen molar-refractivity contribution in [2.45, 2.75) is 24.4 Å². The van der Waals surface area contributed by atoms with Crippen molar-refractivity contribution in [3.63, 3.8) is 0 Å². The Balaban J connectivity index is 3.99. The molecule has 0 amide bonds. The van der Waals surface area contributed by atoms with Gasteiger partial charge in [-0.05, 0) is 0 Å². The van der Waals surface area contributed by atoms with E-state index in [2.05, 4.69) is 10.7 Å². The molecule has 0 aliphatic rings. The average Bonchev–Trinajstić information content (AvgIpc) is 2.14. The summed E-state index contributed by atoms with van der Waals surface area (Å²) in [6, 6.07) is 0. The summed E-state index contributed by atoms with van der Waals surface area (Å²) in [5.41, 5.74) is 5.03. The maximum atomic E-state index is 9.17. The van der Waals surface area contributed by atoms with Gasteiger partial charge < -0.3 is 31.0 Å². The molecule has 0 unspecified atom stereocenters. The van der Waals surface area contributed by atoms with E-state index in [4.69, 9.17) is 26.2 Å². The average molecular weight is 196 g/mol. The van der Waals surface area contributed by atoms with Crippen LogP contribution in [-0.4, -0.2) is 58.0 Å². The molecule has 0 heterocycles. The molecule has 0 radical (unpaired) electrons. The van der Waals surface area contributed by atoms with E-state index in [9.17, 15) is 0 Å². The zero-order valence-corrected chi connectivity index (χ0v) is 7.08. The Bertz CT molecular complexity index is 136. The zero-order chi connectivity index (χ0) is 10.4. The minimum absolute atomic E-state index is 0.214. The van der Waals surface area contributed by atoms with E-state index in [1.165, 1.54) is 0 Å². The quantitative estimate of drug-likeness (QED) is 0.240. The van der Waals surface area contributed by atoms with Gasteiger partial charge in [0.1, 0.15) is 18.3 Å². The van der Waals surface area contributed by atoms with Crippen LogP contribution >= 0.6 is 0 Å². The topological polar surface area (TPSA) is 142 Å². The summed E-state index contributed by atoms with van der Waals surface area (Å²) in [4.78, 5) is 4.05. The molecule has 0 aromatic carbocycles. The first-order valence-corrected chi connectivity index (χ1v) is 3.78. The van der Waals surface area contributed by atoms with Crippen LogP contribution < -0.4 is 11.6 Å². The van der Waals surface area contributed by atoms with E-state index in [-0.39, 0.29) is 13.2 Å². The Labute approximate surface area is 75.5 Å². The second kappa shape index (κ2) is 6.22. The lowest BCUT2D eigenvalue weighted by atomic mass is 10.0. The highest BCUT2D eigenvalue weighted by Crippen LogP contribution is 2.04. The third-order valence-corrected chi connectivity index (χ3v) is 1.65. The Morgan fingerprint density at radius 2 is 1.46 bits per heavy atom. The van der Waals surface area contributed by atoms with Gasteiger partial charge >= 0.3 is 0 Å². The smallest absolute Gasteiger partial charge is 0.111 e. The predicted octanol–water partition coefficient (Wildman–Crippen LogP) is -3.72. The van der Waals surface area contributed by atoms with Gasteiger partial charge in [-0.1, -0.05) is 0 Å². The molecule has 4 atom stereocenters. The first-order chi connectivity index (χ1) is 6.04. The van der Waals surface area contributed by atoms with E-state index >= 15 is 0 Å². The standard InChI is InChI=1S/C6H16N2O5/c7-1-3(9)5(11)6(12)4(10)2-13-8/h3-6,9-12H,1-2,7-8H2/t3-,4+,5+,6+/m0/s1. The van der Waals surface area contributed by atoms with Crippen molar-refractivity contribution in [1.29, 1.82) is 0 Å². The summed E-state index contributed by atoms with van der Waals surface area (Å²) in [6.45, 7) is -0.552. The van der Waals surface area contributed by atoms with Gasteiger partial charge in [0, 0.05) is 6.54 Å². The first kappa shape index (κ1) is 12.7. The number of hydrogen-bond donors (Lipinski definition) is 6. The van der Waals surface area contributed by atoms with Gasteiger partial charge in [0.15, 0.2) is 0 Å². The molecule has 80 valence electrons. The Morgan fingerprint density at radius 3 is 1.85 bits per heavy atom. The van der Waals surface area contributed by atoms with Crippen LogP contribution in [0.1, 0.15) is 0 Å². The van der Waals surface area contributed by atoms with Crippen LogP contribution in [0.3, 0.4) is 0 Å². The molecule has 0 saturated heterocycles. The highest BCUT2D eigenvalue weighted by atomic mass is 16.6. The fourth-order valence-electron chi connectivity index (χ4n) is 0.792. The van der Waals surface area contributed by atoms with Crippen LogP contribution in [0.15, 0.2) is 0 Å². The Kier molecular flexibility index (Phi) is 6.08. The van der Waals surface area contributed by atoms with Gasteiger partial charge in [-0.3, -0.25) is 0 Å². The highest BCUT2D eigenvalue weighted by molar-refractivity contribution is 4.80. The van der Waals surface area contributed by atoms with E-state index in [0.717, 1.165) is 0 Å². The highest BCUT2D eigenvalue weighted by Gasteiger charge is 2.29. The van der Waals surface area contributed by atoms with Gasteiger partial charge in [0.2, 0.25) is 0 Å². The molecule has 0 aromatic rings. The van der Waals surface area contributed by atoms with Crippen LogP contribution in [0.25, 0.3) is 0 Å². The van der Waals surface area contributed by atoms with Gasteiger partial charge in [0.05, 0.1) is 12.7 Å². The monoisotopic (exact) mass is 196 g/mol. The van der Waals surface area contributed by atoms with Crippen molar-refractivity contribution < 1.29 is 25.3 Å². The lowest BCUT2D eigenvalue weighted by Gasteiger charge is -2.25. The number of nitrogens with two attached hydrogens (primary N) is 2. The van der Waals surface area contributed by atoms with Gasteiger partial charge in [-0.15, -0.1) is 0 Å². The minimum atomic E-state index is -1.54. The first-order valence-electron chi connectivity index (χ1n) is 3.78. The molecule has 7 heteroatoms. The van der Waals surface area contributed by atoms with Crippen LogP contribution in [0.5, 0.6) is 0 Å². The molecule has 7 nitrogen and oxygen atoms in total. The Hall–Kier alpha value is -0.280. The SMILES string of the molecule is NC[C@H](O)[C@@H](O)[C@H](O)[C@H](O)CON. The van der Waals surface area contributed by atoms with Crippen molar-refractivity contribution in [3.05, 3.63) is 0 Å². The normalized spacial score (nSPS) is 20.8. The predicted molar refractivity (Wildman–Crippen MR) is 43.2 cm³/mol. The third-order valence-electron chi connectivity index (χ3n) is 1.65. The summed E-state index contributed by atoms with van der Waals surface area (Å²) >= 11 is 0. The molecule has 13 heavy (non-hydrogen) atoms. The summed E-state index contributed by atoms with van der Waals surface area (Å²) in [5.74, 6) is 4.64. The minimum Gasteiger partial charge on any atom is -0.389 e. The van der Waals surface area contributed by atoms with Crippen LogP contribution in [0, 0.1) is 0 Å². The second-order valence-corrected chi connectivity index (χ2v) is 2.68. The molecule has 0 aliphatic carbocycles. The van der Waals surface area contributed by atoms with Crippen molar-refractivity contribution in [2.24, 2.45) is 11.6 Å². The van der Waals surface area contributed by atoms with Gasteiger partial charge in [-0.25, -0.2) is 5.90 Å². The summed E-state index contributed by atoms with van der Waals surface area (Å²) < 4.78 is 0. The lowest BCUT2D eigenvalue weighted by Crippen LogP contribution is -2.48. The van der Waals surface area contributed by atoms with E-state index < -0.39 is 24.4 Å². The van der Waals surface area contributed by atoms with E-state index in [1.807, 2.05) is 0 Å². The fraction of sp³-hybridized carbons (Fsp3) is 1.00.